The molecule has 4 rings (SSSR count). The summed E-state index contributed by atoms with van der Waals surface area (Å²) in [6.45, 7) is 3.31. The van der Waals surface area contributed by atoms with Crippen LogP contribution in [0.25, 0.3) is 0 Å². The van der Waals surface area contributed by atoms with Crippen LogP contribution in [-0.2, 0) is 6.42 Å². The van der Waals surface area contributed by atoms with E-state index in [1.54, 1.807) is 48.5 Å². The van der Waals surface area contributed by atoms with E-state index in [9.17, 15) is 9.59 Å². The van der Waals surface area contributed by atoms with Gasteiger partial charge in [-0.25, -0.2) is 4.98 Å². The van der Waals surface area contributed by atoms with Gasteiger partial charge in [-0.3, -0.25) is 15.0 Å². The topological polar surface area (TPSA) is 98.2 Å². The van der Waals surface area contributed by atoms with Gasteiger partial charge in [0, 0.05) is 55.5 Å². The highest BCUT2D eigenvalue weighted by atomic mass is 35.5. The number of benzene rings is 2. The highest BCUT2D eigenvalue weighted by Crippen LogP contribution is 2.17. The number of carbonyl (C=O) groups is 2. The number of Topliss-reactive ketones (excluding diaryl/α,β-unsaturated/α-hetero) is 1. The summed E-state index contributed by atoms with van der Waals surface area (Å²) in [5.74, 6) is 0.412. The number of anilines is 1. The van der Waals surface area contributed by atoms with Gasteiger partial charge in [-0.05, 0) is 23.8 Å². The van der Waals surface area contributed by atoms with Crippen LogP contribution in [0, 0.1) is 5.41 Å². The first kappa shape index (κ1) is 25.1. The van der Waals surface area contributed by atoms with Crippen molar-refractivity contribution >= 4 is 34.9 Å². The second-order valence-corrected chi connectivity index (χ2v) is 8.17. The van der Waals surface area contributed by atoms with E-state index in [4.69, 9.17) is 17.0 Å². The minimum absolute atomic E-state index is 0. The van der Waals surface area contributed by atoms with Gasteiger partial charge in [-0.2, -0.15) is 0 Å². The number of rotatable bonds is 6. The third-order valence-corrected chi connectivity index (χ3v) is 5.72. The van der Waals surface area contributed by atoms with E-state index in [0.29, 0.717) is 33.4 Å². The summed E-state index contributed by atoms with van der Waals surface area (Å²) in [4.78, 5) is 31.8. The van der Waals surface area contributed by atoms with Gasteiger partial charge in [0.25, 0.3) is 5.91 Å². The molecule has 0 unspecified atom stereocenters. The van der Waals surface area contributed by atoms with Gasteiger partial charge in [0.05, 0.1) is 5.02 Å². The lowest BCUT2D eigenvalue weighted by Gasteiger charge is -2.29. The van der Waals surface area contributed by atoms with Gasteiger partial charge in [0.1, 0.15) is 11.7 Å². The van der Waals surface area contributed by atoms with Gasteiger partial charge < -0.3 is 15.5 Å². The third-order valence-electron chi connectivity index (χ3n) is 5.50. The Morgan fingerprint density at radius 2 is 1.68 bits per heavy atom. The highest BCUT2D eigenvalue weighted by molar-refractivity contribution is 6.30. The predicted molar refractivity (Wildman–Crippen MR) is 136 cm³/mol. The maximum absolute atomic E-state index is 12.9. The fourth-order valence-corrected chi connectivity index (χ4v) is 3.80. The molecule has 3 N–H and O–H groups in total. The summed E-state index contributed by atoms with van der Waals surface area (Å²) in [5.41, 5.74) is 2.37. The molecule has 1 aliphatic heterocycles. The number of hydrogen-bond acceptors (Lipinski definition) is 5. The number of halogens is 1. The van der Waals surface area contributed by atoms with E-state index in [1.807, 2.05) is 17.0 Å². The minimum Gasteiger partial charge on any atom is -0.354 e. The molecule has 176 valence electrons. The van der Waals surface area contributed by atoms with E-state index in [-0.39, 0.29) is 25.5 Å². The first-order valence-corrected chi connectivity index (χ1v) is 11.1. The Balaban J connectivity index is 0.00000324. The number of nitrogens with one attached hydrogen (secondary N) is 3. The van der Waals surface area contributed by atoms with Crippen molar-refractivity contribution in [1.82, 2.24) is 15.2 Å². The lowest BCUT2D eigenvalue weighted by molar-refractivity contribution is 0.0992. The molecule has 2 aromatic carbocycles. The van der Waals surface area contributed by atoms with E-state index < -0.39 is 0 Å². The zero-order valence-electron chi connectivity index (χ0n) is 18.0. The second kappa shape index (κ2) is 11.5. The lowest BCUT2D eigenvalue weighted by Crippen LogP contribution is -2.46. The van der Waals surface area contributed by atoms with Crippen LogP contribution in [0.3, 0.4) is 0 Å². The molecule has 1 fully saturated rings. The first-order chi connectivity index (χ1) is 16.0. The quantitative estimate of drug-likeness (QED) is 0.279. The van der Waals surface area contributed by atoms with E-state index in [1.165, 1.54) is 6.20 Å². The van der Waals surface area contributed by atoms with Crippen LogP contribution in [0.4, 0.5) is 5.82 Å². The Bertz CT molecular complexity index is 1160. The van der Waals surface area contributed by atoms with E-state index in [0.717, 1.165) is 31.7 Å². The summed E-state index contributed by atoms with van der Waals surface area (Å²) >= 11 is 5.84. The Morgan fingerprint density at radius 1 is 1.00 bits per heavy atom. The second-order valence-electron chi connectivity index (χ2n) is 7.74. The smallest absolute Gasteiger partial charge is 0.257 e. The number of aromatic nitrogens is 1. The van der Waals surface area contributed by atoms with Gasteiger partial charge in [-0.15, -0.1) is 0 Å². The molecule has 34 heavy (non-hydrogen) atoms. The van der Waals surface area contributed by atoms with Crippen LogP contribution in [-0.4, -0.2) is 53.6 Å². The number of hydrogen-bond donors (Lipinski definition) is 3. The molecule has 1 saturated heterocycles. The monoisotopic (exact) mass is 477 g/mol. The van der Waals surface area contributed by atoms with Crippen molar-refractivity contribution in [3.8, 4) is 0 Å². The SMILES string of the molecule is C.N=C(c1ccc(C(=O)Cc2ccccc2C(=O)Nc2ccc(Cl)cn2)cc1)N1CCNCC1. The fourth-order valence-electron chi connectivity index (χ4n) is 3.69. The molecule has 0 atom stereocenters. The molecular weight excluding hydrogens is 450 g/mol. The molecule has 1 aromatic heterocycles. The molecule has 0 radical (unpaired) electrons. The Labute approximate surface area is 204 Å². The Hall–Kier alpha value is -3.55. The zero-order chi connectivity index (χ0) is 23.2. The maximum Gasteiger partial charge on any atom is 0.257 e. The predicted octanol–water partition coefficient (Wildman–Crippen LogP) is 4.28. The van der Waals surface area contributed by atoms with Crippen molar-refractivity contribution in [3.05, 3.63) is 94.1 Å². The van der Waals surface area contributed by atoms with E-state index >= 15 is 0 Å². The summed E-state index contributed by atoms with van der Waals surface area (Å²) < 4.78 is 0. The summed E-state index contributed by atoms with van der Waals surface area (Å²) in [6.07, 6.45) is 1.55. The molecule has 1 aliphatic rings. The molecule has 1 amide bonds. The number of carbonyl (C=O) groups excluding carboxylic acids is 2. The molecule has 0 bridgehead atoms. The van der Waals surface area contributed by atoms with Crippen LogP contribution < -0.4 is 10.6 Å². The molecular formula is C26H28ClN5O2. The Kier molecular flexibility index (Phi) is 8.51. The lowest BCUT2D eigenvalue weighted by atomic mass is 9.97. The van der Waals surface area contributed by atoms with Crippen molar-refractivity contribution in [2.24, 2.45) is 0 Å². The summed E-state index contributed by atoms with van der Waals surface area (Å²) in [5, 5.41) is 14.9. The van der Waals surface area contributed by atoms with Crippen LogP contribution in [0.5, 0.6) is 0 Å². The van der Waals surface area contributed by atoms with Crippen LogP contribution >= 0.6 is 11.6 Å². The standard InChI is InChI=1S/C25H24ClN5O2.CH4/c26-20-9-10-23(29-16-20)30-25(33)21-4-2-1-3-19(21)15-22(32)17-5-7-18(8-6-17)24(27)31-13-11-28-12-14-31;/h1-10,16,27-28H,11-15H2,(H,29,30,33);1H4. The number of nitrogens with zero attached hydrogens (tertiary/aromatic N) is 2. The normalized spacial score (nSPS) is 13.0. The van der Waals surface area contributed by atoms with Crippen LogP contribution in [0.15, 0.2) is 66.9 Å². The Morgan fingerprint density at radius 3 is 2.35 bits per heavy atom. The highest BCUT2D eigenvalue weighted by Gasteiger charge is 2.17. The average molecular weight is 478 g/mol. The largest absolute Gasteiger partial charge is 0.354 e. The van der Waals surface area contributed by atoms with Crippen LogP contribution in [0.1, 0.15) is 39.3 Å². The van der Waals surface area contributed by atoms with Gasteiger partial charge in [-0.1, -0.05) is 61.5 Å². The van der Waals surface area contributed by atoms with Gasteiger partial charge >= 0.3 is 0 Å². The van der Waals surface area contributed by atoms with Gasteiger partial charge in [0.15, 0.2) is 5.78 Å². The third kappa shape index (κ3) is 6.07. The molecule has 0 aliphatic carbocycles. The summed E-state index contributed by atoms with van der Waals surface area (Å²) in [6, 6.07) is 17.4. The van der Waals surface area contributed by atoms with Crippen molar-refractivity contribution in [3.63, 3.8) is 0 Å². The van der Waals surface area contributed by atoms with Crippen LogP contribution in [0.2, 0.25) is 5.02 Å². The van der Waals surface area contributed by atoms with E-state index in [2.05, 4.69) is 15.6 Å². The number of amidine groups is 1. The molecule has 0 saturated carbocycles. The first-order valence-electron chi connectivity index (χ1n) is 10.7. The number of piperazine rings is 1. The molecule has 2 heterocycles. The number of pyridine rings is 1. The molecule has 8 heteroatoms. The maximum atomic E-state index is 12.9. The number of ketones is 1. The van der Waals surface area contributed by atoms with Crippen molar-refractivity contribution in [2.75, 3.05) is 31.5 Å². The van der Waals surface area contributed by atoms with Gasteiger partial charge in [0.2, 0.25) is 0 Å². The summed E-state index contributed by atoms with van der Waals surface area (Å²) in [7, 11) is 0. The minimum atomic E-state index is -0.340. The van der Waals surface area contributed by atoms with Crippen molar-refractivity contribution in [1.29, 1.82) is 5.41 Å². The van der Waals surface area contributed by atoms with Crippen molar-refractivity contribution in [2.45, 2.75) is 13.8 Å². The molecule has 3 aromatic rings. The zero-order valence-corrected chi connectivity index (χ0v) is 18.7. The fraction of sp³-hybridized carbons (Fsp3) is 0.231. The molecule has 7 nitrogen and oxygen atoms in total. The van der Waals surface area contributed by atoms with Crippen molar-refractivity contribution < 1.29 is 9.59 Å². The average Bonchev–Trinajstić information content (AvgIpc) is 2.86. The number of amides is 1. The molecule has 0 spiro atoms.